The summed E-state index contributed by atoms with van der Waals surface area (Å²) in [6, 6.07) is 16.7. The highest BCUT2D eigenvalue weighted by Gasteiger charge is 2.17. The number of nitro benzene ring substituents is 1. The van der Waals surface area contributed by atoms with Gasteiger partial charge >= 0.3 is 0 Å². The molecule has 35 heavy (non-hydrogen) atoms. The number of hydrogen-bond donors (Lipinski definition) is 3. The Morgan fingerprint density at radius 1 is 1.03 bits per heavy atom. The average Bonchev–Trinajstić information content (AvgIpc) is 3.32. The molecule has 4 rings (SSSR count). The number of aromatic hydroxyl groups is 1. The van der Waals surface area contributed by atoms with E-state index in [1.54, 1.807) is 48.5 Å². The Morgan fingerprint density at radius 3 is 2.57 bits per heavy atom. The van der Waals surface area contributed by atoms with Crippen molar-refractivity contribution in [1.29, 1.82) is 0 Å². The molecule has 0 aromatic heterocycles. The number of phenolic OH excluding ortho intramolecular Hbond substituents is 1. The fourth-order valence-electron chi connectivity index (χ4n) is 3.14. The minimum atomic E-state index is -0.786. The third kappa shape index (κ3) is 5.60. The van der Waals surface area contributed by atoms with Crippen LogP contribution in [-0.4, -0.2) is 34.9 Å². The second kappa shape index (κ2) is 10.2. The van der Waals surface area contributed by atoms with Crippen molar-refractivity contribution in [1.82, 2.24) is 10.7 Å². The van der Waals surface area contributed by atoms with Crippen LogP contribution in [0.5, 0.6) is 17.2 Å². The maximum Gasteiger partial charge on any atom is 0.287 e. The van der Waals surface area contributed by atoms with Gasteiger partial charge in [0.25, 0.3) is 17.5 Å². The molecule has 0 radical (unpaired) electrons. The summed E-state index contributed by atoms with van der Waals surface area (Å²) in [7, 11) is 0. The lowest BCUT2D eigenvalue weighted by Gasteiger charge is -2.09. The van der Waals surface area contributed by atoms with Gasteiger partial charge in [0.1, 0.15) is 11.4 Å². The number of phenols is 1. The first-order valence-electron chi connectivity index (χ1n) is 10.2. The molecule has 0 atom stereocenters. The normalized spacial score (nSPS) is 12.4. The fraction of sp³-hybridized carbons (Fsp3) is 0.0417. The van der Waals surface area contributed by atoms with Crippen LogP contribution in [0.3, 0.4) is 0 Å². The second-order valence-corrected chi connectivity index (χ2v) is 7.19. The number of hydrogen-bond acceptors (Lipinski definition) is 8. The van der Waals surface area contributed by atoms with Crippen molar-refractivity contribution in [2.24, 2.45) is 5.10 Å². The number of amides is 2. The summed E-state index contributed by atoms with van der Waals surface area (Å²) in [6.07, 6.45) is 2.44. The van der Waals surface area contributed by atoms with E-state index in [4.69, 9.17) is 9.47 Å². The molecule has 0 unspecified atom stereocenters. The van der Waals surface area contributed by atoms with Crippen molar-refractivity contribution in [2.45, 2.75) is 0 Å². The zero-order chi connectivity index (χ0) is 24.8. The molecule has 3 aromatic rings. The van der Waals surface area contributed by atoms with E-state index in [-0.39, 0.29) is 29.5 Å². The zero-order valence-corrected chi connectivity index (χ0v) is 18.0. The highest BCUT2D eigenvalue weighted by atomic mass is 16.7. The Bertz CT molecular complexity index is 1350. The van der Waals surface area contributed by atoms with E-state index in [0.29, 0.717) is 22.6 Å². The van der Waals surface area contributed by atoms with Gasteiger partial charge in [0.2, 0.25) is 6.79 Å². The first-order valence-corrected chi connectivity index (χ1v) is 10.2. The van der Waals surface area contributed by atoms with Gasteiger partial charge in [0.05, 0.1) is 16.7 Å². The van der Waals surface area contributed by atoms with Gasteiger partial charge in [0.15, 0.2) is 11.5 Å². The van der Waals surface area contributed by atoms with Crippen molar-refractivity contribution in [3.63, 3.8) is 0 Å². The van der Waals surface area contributed by atoms with Gasteiger partial charge in [0, 0.05) is 11.6 Å². The molecule has 3 N–H and O–H groups in total. The highest BCUT2D eigenvalue weighted by Crippen LogP contribution is 2.33. The van der Waals surface area contributed by atoms with Crippen molar-refractivity contribution < 1.29 is 29.1 Å². The van der Waals surface area contributed by atoms with Gasteiger partial charge in [-0.2, -0.15) is 5.10 Å². The molecule has 3 aromatic carbocycles. The summed E-state index contributed by atoms with van der Waals surface area (Å²) in [6.45, 7) is 0.0798. The molecule has 1 aliphatic heterocycles. The van der Waals surface area contributed by atoms with Gasteiger partial charge in [-0.3, -0.25) is 19.7 Å². The Kier molecular flexibility index (Phi) is 6.68. The molecule has 2 amide bonds. The molecular weight excluding hydrogens is 456 g/mol. The topological polar surface area (TPSA) is 152 Å². The molecule has 1 aliphatic rings. The standard InChI is InChI=1S/C24H18N4O7/c29-18-7-8-20(28(32)33)17(12-18)13-25-27-24(31)19(26-23(30)16-4-2-1-3-5-16)10-15-6-9-21-22(11-15)35-14-34-21/h1-13,29H,14H2,(H,26,30)(H,27,31)/b19-10-,25-13-. The van der Waals surface area contributed by atoms with Crippen LogP contribution >= 0.6 is 0 Å². The quantitative estimate of drug-likeness (QED) is 0.206. The number of benzene rings is 3. The van der Waals surface area contributed by atoms with Crippen LogP contribution in [0.2, 0.25) is 0 Å². The van der Waals surface area contributed by atoms with E-state index in [0.717, 1.165) is 18.3 Å². The van der Waals surface area contributed by atoms with Crippen molar-refractivity contribution >= 4 is 29.8 Å². The van der Waals surface area contributed by atoms with Crippen LogP contribution in [0, 0.1) is 10.1 Å². The van der Waals surface area contributed by atoms with Crippen LogP contribution < -0.4 is 20.2 Å². The van der Waals surface area contributed by atoms with Crippen molar-refractivity contribution in [3.05, 3.63) is 99.2 Å². The monoisotopic (exact) mass is 474 g/mol. The van der Waals surface area contributed by atoms with Crippen LogP contribution in [0.4, 0.5) is 5.69 Å². The highest BCUT2D eigenvalue weighted by molar-refractivity contribution is 6.05. The summed E-state index contributed by atoms with van der Waals surface area (Å²) in [5, 5.41) is 27.1. The molecule has 0 bridgehead atoms. The molecular formula is C24H18N4O7. The lowest BCUT2D eigenvalue weighted by atomic mass is 10.1. The molecule has 0 spiro atoms. The predicted octanol–water partition coefficient (Wildman–Crippen LogP) is 2.95. The van der Waals surface area contributed by atoms with E-state index < -0.39 is 16.7 Å². The molecule has 176 valence electrons. The third-order valence-electron chi connectivity index (χ3n) is 4.81. The maximum absolute atomic E-state index is 12.9. The number of carbonyl (C=O) groups is 2. The first-order chi connectivity index (χ1) is 16.9. The van der Waals surface area contributed by atoms with E-state index in [2.05, 4.69) is 15.8 Å². The van der Waals surface area contributed by atoms with Crippen LogP contribution in [0.1, 0.15) is 21.5 Å². The van der Waals surface area contributed by atoms with Crippen molar-refractivity contribution in [3.8, 4) is 17.2 Å². The fourth-order valence-corrected chi connectivity index (χ4v) is 3.14. The van der Waals surface area contributed by atoms with E-state index in [9.17, 15) is 24.8 Å². The Balaban J connectivity index is 1.59. The number of ether oxygens (including phenoxy) is 2. The summed E-state index contributed by atoms with van der Waals surface area (Å²) >= 11 is 0. The largest absolute Gasteiger partial charge is 0.508 e. The summed E-state index contributed by atoms with van der Waals surface area (Å²) in [5.74, 6) is -0.478. The first kappa shape index (κ1) is 23.0. The predicted molar refractivity (Wildman–Crippen MR) is 125 cm³/mol. The number of carbonyl (C=O) groups excluding carboxylic acids is 2. The number of nitrogens with zero attached hydrogens (tertiary/aromatic N) is 2. The average molecular weight is 474 g/mol. The number of nitrogens with one attached hydrogen (secondary N) is 2. The number of nitro groups is 1. The molecule has 0 saturated heterocycles. The summed E-state index contributed by atoms with van der Waals surface area (Å²) in [4.78, 5) is 36.1. The second-order valence-electron chi connectivity index (χ2n) is 7.19. The van der Waals surface area contributed by atoms with Gasteiger partial charge in [-0.1, -0.05) is 24.3 Å². The Hall–Kier alpha value is -5.19. The van der Waals surface area contributed by atoms with Gasteiger partial charge in [-0.15, -0.1) is 0 Å². The molecule has 0 aliphatic carbocycles. The molecule has 11 nitrogen and oxygen atoms in total. The van der Waals surface area contributed by atoms with Crippen LogP contribution in [-0.2, 0) is 4.79 Å². The summed E-state index contributed by atoms with van der Waals surface area (Å²) < 4.78 is 10.6. The lowest BCUT2D eigenvalue weighted by Crippen LogP contribution is -2.32. The van der Waals surface area contributed by atoms with Crippen molar-refractivity contribution in [2.75, 3.05) is 6.79 Å². The zero-order valence-electron chi connectivity index (χ0n) is 18.0. The molecule has 0 fully saturated rings. The molecule has 0 saturated carbocycles. The number of fused-ring (bicyclic) bond motifs is 1. The number of hydrazone groups is 1. The van der Waals surface area contributed by atoms with E-state index in [1.807, 2.05) is 0 Å². The smallest absolute Gasteiger partial charge is 0.287 e. The third-order valence-corrected chi connectivity index (χ3v) is 4.81. The van der Waals surface area contributed by atoms with E-state index >= 15 is 0 Å². The summed E-state index contributed by atoms with van der Waals surface area (Å²) in [5.41, 5.74) is 2.63. The maximum atomic E-state index is 12.9. The Morgan fingerprint density at radius 2 is 1.80 bits per heavy atom. The molecule has 1 heterocycles. The minimum Gasteiger partial charge on any atom is -0.508 e. The Labute approximate surface area is 198 Å². The lowest BCUT2D eigenvalue weighted by molar-refractivity contribution is -0.385. The van der Waals surface area contributed by atoms with Crippen LogP contribution in [0.15, 0.2) is 77.5 Å². The van der Waals surface area contributed by atoms with Crippen LogP contribution in [0.25, 0.3) is 6.08 Å². The SMILES string of the molecule is O=C(N/N=C\c1cc(O)ccc1[N+](=O)[O-])/C(=C/c1ccc2c(c1)OCO2)NC(=O)c1ccccc1. The minimum absolute atomic E-state index is 0.0232. The van der Waals surface area contributed by atoms with Gasteiger partial charge in [-0.05, 0) is 48.0 Å². The van der Waals surface area contributed by atoms with Gasteiger partial charge < -0.3 is 19.9 Å². The molecule has 11 heteroatoms. The number of rotatable bonds is 7. The van der Waals surface area contributed by atoms with Gasteiger partial charge in [-0.25, -0.2) is 5.43 Å². The van der Waals surface area contributed by atoms with E-state index in [1.165, 1.54) is 12.1 Å².